The van der Waals surface area contributed by atoms with Gasteiger partial charge in [0.05, 0.1) is 0 Å². The molecular formula is C6H10O. The van der Waals surface area contributed by atoms with Crippen molar-refractivity contribution in [1.29, 1.82) is 0 Å². The van der Waals surface area contributed by atoms with Crippen LogP contribution in [-0.4, -0.2) is 11.7 Å². The van der Waals surface area contributed by atoms with Crippen molar-refractivity contribution in [2.24, 2.45) is 5.92 Å². The summed E-state index contributed by atoms with van der Waals surface area (Å²) >= 11 is 0. The van der Waals surface area contributed by atoms with Crippen LogP contribution < -0.4 is 0 Å². The van der Waals surface area contributed by atoms with Crippen molar-refractivity contribution < 1.29 is 5.11 Å². The third kappa shape index (κ3) is 5.52. The van der Waals surface area contributed by atoms with Crippen LogP contribution in [0.15, 0.2) is 0 Å². The third-order valence-corrected chi connectivity index (χ3v) is 0.470. The van der Waals surface area contributed by atoms with Crippen LogP contribution in [0, 0.1) is 17.8 Å². The molecule has 0 fully saturated rings. The highest BCUT2D eigenvalue weighted by atomic mass is 16.2. The van der Waals surface area contributed by atoms with Gasteiger partial charge in [-0.15, -0.1) is 0 Å². The van der Waals surface area contributed by atoms with Crippen molar-refractivity contribution in [2.45, 2.75) is 13.8 Å². The van der Waals surface area contributed by atoms with Crippen molar-refractivity contribution >= 4 is 0 Å². The van der Waals surface area contributed by atoms with Crippen molar-refractivity contribution in [2.75, 3.05) is 6.61 Å². The van der Waals surface area contributed by atoms with Crippen LogP contribution in [0.2, 0.25) is 0 Å². The number of hydrogen-bond donors (Lipinski definition) is 1. The molecule has 0 radical (unpaired) electrons. The van der Waals surface area contributed by atoms with Gasteiger partial charge in [0, 0.05) is 5.92 Å². The molecule has 0 aromatic carbocycles. The van der Waals surface area contributed by atoms with Crippen LogP contribution in [-0.2, 0) is 0 Å². The normalized spacial score (nSPS) is 8.00. The minimum Gasteiger partial charge on any atom is -0.384 e. The van der Waals surface area contributed by atoms with E-state index < -0.39 is 0 Å². The molecule has 0 bridgehead atoms. The molecule has 0 aliphatic rings. The van der Waals surface area contributed by atoms with E-state index in [1.54, 1.807) is 0 Å². The summed E-state index contributed by atoms with van der Waals surface area (Å²) in [6.07, 6.45) is 0. The lowest BCUT2D eigenvalue weighted by Crippen LogP contribution is -1.79. The fraction of sp³-hybridized carbons (Fsp3) is 0.667. The second-order valence-electron chi connectivity index (χ2n) is 1.63. The summed E-state index contributed by atoms with van der Waals surface area (Å²) < 4.78 is 0. The van der Waals surface area contributed by atoms with Gasteiger partial charge >= 0.3 is 0 Å². The Balaban J connectivity index is 3.24. The summed E-state index contributed by atoms with van der Waals surface area (Å²) in [5, 5.41) is 8.14. The van der Waals surface area contributed by atoms with Gasteiger partial charge in [0.1, 0.15) is 6.61 Å². The van der Waals surface area contributed by atoms with Gasteiger partial charge in [0.15, 0.2) is 0 Å². The monoisotopic (exact) mass is 98.1 g/mol. The van der Waals surface area contributed by atoms with Crippen LogP contribution in [0.25, 0.3) is 0 Å². The Labute approximate surface area is 44.4 Å². The van der Waals surface area contributed by atoms with E-state index in [2.05, 4.69) is 11.8 Å². The van der Waals surface area contributed by atoms with E-state index in [0.29, 0.717) is 5.92 Å². The van der Waals surface area contributed by atoms with E-state index >= 15 is 0 Å². The summed E-state index contributed by atoms with van der Waals surface area (Å²) in [5.41, 5.74) is 0. The lowest BCUT2D eigenvalue weighted by atomic mass is 10.2. The second-order valence-corrected chi connectivity index (χ2v) is 1.63. The molecule has 7 heavy (non-hydrogen) atoms. The Hall–Kier alpha value is -0.480. The Bertz CT molecular complexity index is 84.1. The van der Waals surface area contributed by atoms with Gasteiger partial charge in [0.25, 0.3) is 0 Å². The van der Waals surface area contributed by atoms with E-state index in [1.165, 1.54) is 0 Å². The van der Waals surface area contributed by atoms with Gasteiger partial charge in [-0.3, -0.25) is 0 Å². The summed E-state index contributed by atoms with van der Waals surface area (Å²) in [7, 11) is 0. The maximum Gasteiger partial charge on any atom is 0.104 e. The van der Waals surface area contributed by atoms with E-state index in [1.807, 2.05) is 13.8 Å². The van der Waals surface area contributed by atoms with Crippen LogP contribution in [0.4, 0.5) is 0 Å². The zero-order chi connectivity index (χ0) is 5.70. The number of aliphatic hydroxyl groups excluding tert-OH is 1. The van der Waals surface area contributed by atoms with Crippen LogP contribution in [0.3, 0.4) is 0 Å². The molecule has 0 amide bonds. The van der Waals surface area contributed by atoms with Crippen LogP contribution >= 0.6 is 0 Å². The number of hydrogen-bond acceptors (Lipinski definition) is 1. The summed E-state index contributed by atoms with van der Waals surface area (Å²) in [6.45, 7) is 3.96. The smallest absolute Gasteiger partial charge is 0.104 e. The van der Waals surface area contributed by atoms with Crippen LogP contribution in [0.5, 0.6) is 0 Å². The molecule has 1 N–H and O–H groups in total. The van der Waals surface area contributed by atoms with E-state index in [9.17, 15) is 0 Å². The zero-order valence-corrected chi connectivity index (χ0v) is 4.73. The molecule has 0 aromatic heterocycles. The molecule has 0 aliphatic carbocycles. The highest BCUT2D eigenvalue weighted by molar-refractivity contribution is 5.00. The van der Waals surface area contributed by atoms with Crippen molar-refractivity contribution in [3.63, 3.8) is 0 Å². The lowest BCUT2D eigenvalue weighted by molar-refractivity contribution is 0.350. The molecule has 0 unspecified atom stereocenters. The SMILES string of the molecule is CC(C)C#CCO. The van der Waals surface area contributed by atoms with Gasteiger partial charge < -0.3 is 5.11 Å². The topological polar surface area (TPSA) is 20.2 Å². The first-order chi connectivity index (χ1) is 3.27. The van der Waals surface area contributed by atoms with Crippen molar-refractivity contribution in [3.8, 4) is 11.8 Å². The van der Waals surface area contributed by atoms with Gasteiger partial charge in [-0.05, 0) is 0 Å². The number of rotatable bonds is 0. The molecule has 0 atom stereocenters. The van der Waals surface area contributed by atoms with E-state index in [4.69, 9.17) is 5.11 Å². The average Bonchev–Trinajstić information content (AvgIpc) is 1.61. The van der Waals surface area contributed by atoms with E-state index in [0.717, 1.165) is 0 Å². The number of aliphatic hydroxyl groups is 1. The first-order valence-corrected chi connectivity index (χ1v) is 2.36. The molecule has 1 heteroatoms. The quantitative estimate of drug-likeness (QED) is 0.441. The first-order valence-electron chi connectivity index (χ1n) is 2.36. The minimum absolute atomic E-state index is 0.0157. The van der Waals surface area contributed by atoms with Gasteiger partial charge in [-0.25, -0.2) is 0 Å². The molecular weight excluding hydrogens is 88.1 g/mol. The van der Waals surface area contributed by atoms with E-state index in [-0.39, 0.29) is 6.61 Å². The summed E-state index contributed by atoms with van der Waals surface area (Å²) in [6, 6.07) is 0. The maximum absolute atomic E-state index is 8.14. The first kappa shape index (κ1) is 6.52. The van der Waals surface area contributed by atoms with Crippen LogP contribution in [0.1, 0.15) is 13.8 Å². The lowest BCUT2D eigenvalue weighted by Gasteiger charge is -1.83. The average molecular weight is 98.1 g/mol. The molecule has 0 aromatic rings. The molecule has 40 valence electrons. The summed E-state index contributed by atoms with van der Waals surface area (Å²) in [5.74, 6) is 5.73. The summed E-state index contributed by atoms with van der Waals surface area (Å²) in [4.78, 5) is 0. The molecule has 1 nitrogen and oxygen atoms in total. The highest BCUT2D eigenvalue weighted by Crippen LogP contribution is 1.83. The van der Waals surface area contributed by atoms with Gasteiger partial charge in [-0.1, -0.05) is 25.7 Å². The molecule has 0 spiro atoms. The molecule has 0 aliphatic heterocycles. The van der Waals surface area contributed by atoms with Crippen molar-refractivity contribution in [1.82, 2.24) is 0 Å². The fourth-order valence-electron chi connectivity index (χ4n) is 0.250. The standard InChI is InChI=1S/C6H10O/c1-6(2)4-3-5-7/h6-7H,5H2,1-2H3. The second kappa shape index (κ2) is 3.70. The predicted octanol–water partition coefficient (Wildman–Crippen LogP) is 0.638. The maximum atomic E-state index is 8.14. The molecule has 0 saturated heterocycles. The largest absolute Gasteiger partial charge is 0.384 e. The minimum atomic E-state index is -0.0157. The van der Waals surface area contributed by atoms with Gasteiger partial charge in [-0.2, -0.15) is 0 Å². The predicted molar refractivity (Wildman–Crippen MR) is 29.7 cm³/mol. The Morgan fingerprint density at radius 2 is 2.14 bits per heavy atom. The Kier molecular flexibility index (Phi) is 3.45. The molecule has 0 rings (SSSR count). The highest BCUT2D eigenvalue weighted by Gasteiger charge is 1.77. The zero-order valence-electron chi connectivity index (χ0n) is 4.73. The Morgan fingerprint density at radius 3 is 2.29 bits per heavy atom. The third-order valence-electron chi connectivity index (χ3n) is 0.470. The van der Waals surface area contributed by atoms with Gasteiger partial charge in [0.2, 0.25) is 0 Å². The van der Waals surface area contributed by atoms with Crippen molar-refractivity contribution in [3.05, 3.63) is 0 Å². The fourth-order valence-corrected chi connectivity index (χ4v) is 0.250. The molecule has 0 heterocycles. The molecule has 0 saturated carbocycles. The Morgan fingerprint density at radius 1 is 1.57 bits per heavy atom.